The molecule has 0 aliphatic rings. The van der Waals surface area contributed by atoms with Crippen molar-refractivity contribution < 1.29 is 19.1 Å². The molecule has 0 radical (unpaired) electrons. The van der Waals surface area contributed by atoms with E-state index < -0.39 is 11.8 Å². The molecule has 2 N–H and O–H groups in total. The maximum atomic E-state index is 12.9. The van der Waals surface area contributed by atoms with Gasteiger partial charge in [0, 0.05) is 42.0 Å². The van der Waals surface area contributed by atoms with E-state index in [1.165, 1.54) is 11.0 Å². The Balaban J connectivity index is 1.37. The zero-order chi connectivity index (χ0) is 30.4. The molecule has 0 saturated carbocycles. The van der Waals surface area contributed by atoms with E-state index in [9.17, 15) is 14.4 Å². The predicted molar refractivity (Wildman–Crippen MR) is 167 cm³/mol. The van der Waals surface area contributed by atoms with Gasteiger partial charge in [-0.05, 0) is 55.0 Å². The molecule has 9 nitrogen and oxygen atoms in total. The minimum absolute atomic E-state index is 0.0181. The predicted octanol–water partition coefficient (Wildman–Crippen LogP) is 6.32. The number of aryl methyl sites for hydroxylation is 1. The molecular weight excluding hydrogens is 601 g/mol. The lowest BCUT2D eigenvalue weighted by atomic mass is 10.2. The number of imidazole rings is 1. The molecule has 42 heavy (non-hydrogen) atoms. The molecular formula is C30H28Cl3N5O4. The highest BCUT2D eigenvalue weighted by molar-refractivity contribution is 6.38. The van der Waals surface area contributed by atoms with Crippen molar-refractivity contribution >= 4 is 75.6 Å². The third-order valence-electron chi connectivity index (χ3n) is 6.34. The highest BCUT2D eigenvalue weighted by Gasteiger charge is 2.20. The lowest BCUT2D eigenvalue weighted by molar-refractivity contribution is -0.122. The number of hydrogen-bond donors (Lipinski definition) is 2. The van der Waals surface area contributed by atoms with Gasteiger partial charge in [-0.2, -0.15) is 0 Å². The number of carbonyl (C=O) groups excluding carboxylic acids is 3. The number of hydrogen-bond acceptors (Lipinski definition) is 5. The van der Waals surface area contributed by atoms with Gasteiger partial charge in [0.1, 0.15) is 11.8 Å². The molecule has 0 bridgehead atoms. The molecule has 2 heterocycles. The number of anilines is 2. The van der Waals surface area contributed by atoms with Gasteiger partial charge in [-0.3, -0.25) is 18.8 Å². The Morgan fingerprint density at radius 1 is 1.07 bits per heavy atom. The Morgan fingerprint density at radius 2 is 1.81 bits per heavy atom. The quantitative estimate of drug-likeness (QED) is 0.200. The van der Waals surface area contributed by atoms with Gasteiger partial charge < -0.3 is 20.3 Å². The highest BCUT2D eigenvalue weighted by Crippen LogP contribution is 2.35. The van der Waals surface area contributed by atoms with Crippen LogP contribution in [0.3, 0.4) is 0 Å². The van der Waals surface area contributed by atoms with Crippen LogP contribution in [0.25, 0.3) is 11.7 Å². The summed E-state index contributed by atoms with van der Waals surface area (Å²) in [6.07, 6.45) is 5.10. The number of nitrogens with one attached hydrogen (secondary N) is 2. The molecule has 0 atom stereocenters. The summed E-state index contributed by atoms with van der Waals surface area (Å²) < 4.78 is 7.72. The van der Waals surface area contributed by atoms with Gasteiger partial charge in [0.25, 0.3) is 0 Å². The number of fused-ring (bicyclic) bond motifs is 1. The number of pyridine rings is 1. The second-order valence-corrected chi connectivity index (χ2v) is 10.4. The number of aromatic nitrogens is 2. The van der Waals surface area contributed by atoms with Crippen LogP contribution in [0, 0.1) is 6.92 Å². The summed E-state index contributed by atoms with van der Waals surface area (Å²) >= 11 is 19.4. The van der Waals surface area contributed by atoms with Crippen LogP contribution in [0.2, 0.25) is 15.2 Å². The zero-order valence-electron chi connectivity index (χ0n) is 23.1. The lowest BCUT2D eigenvalue weighted by Gasteiger charge is -2.21. The second-order valence-electron chi connectivity index (χ2n) is 9.23. The van der Waals surface area contributed by atoms with Crippen LogP contribution in [0.15, 0.2) is 60.8 Å². The third kappa shape index (κ3) is 7.23. The molecule has 3 amide bonds. The molecule has 2 aromatic carbocycles. The van der Waals surface area contributed by atoms with E-state index in [1.54, 1.807) is 86.1 Å². The first-order valence-corrected chi connectivity index (χ1v) is 14.1. The van der Waals surface area contributed by atoms with Gasteiger partial charge >= 0.3 is 0 Å². The van der Waals surface area contributed by atoms with Crippen LogP contribution in [0.1, 0.15) is 30.2 Å². The number of amides is 3. The largest absolute Gasteiger partial charge is 0.485 e. The zero-order valence-corrected chi connectivity index (χ0v) is 25.3. The van der Waals surface area contributed by atoms with Crippen LogP contribution >= 0.6 is 34.8 Å². The van der Waals surface area contributed by atoms with E-state index in [1.807, 2.05) is 0 Å². The van der Waals surface area contributed by atoms with Crippen molar-refractivity contribution in [2.75, 3.05) is 23.8 Å². The third-order valence-corrected chi connectivity index (χ3v) is 7.58. The van der Waals surface area contributed by atoms with Gasteiger partial charge in [0.05, 0.1) is 22.9 Å². The summed E-state index contributed by atoms with van der Waals surface area (Å²) in [5, 5.41) is 6.44. The van der Waals surface area contributed by atoms with Crippen molar-refractivity contribution in [1.29, 1.82) is 0 Å². The molecule has 0 spiro atoms. The molecule has 0 aliphatic carbocycles. The van der Waals surface area contributed by atoms with Crippen LogP contribution in [-0.2, 0) is 21.0 Å². The van der Waals surface area contributed by atoms with Crippen molar-refractivity contribution in [2.45, 2.75) is 26.9 Å². The van der Waals surface area contributed by atoms with E-state index in [4.69, 9.17) is 39.5 Å². The molecule has 4 aromatic rings. The molecule has 0 fully saturated rings. The number of halogens is 3. The van der Waals surface area contributed by atoms with E-state index in [0.29, 0.717) is 50.6 Å². The number of benzene rings is 2. The SMILES string of the molecule is CCC(=O)Nc1ccc(C=CC(=O)NCC(=O)N(C)c2ccc(Cl)c(COc3cccn4c(Cl)c(C)nc34)c2Cl)cc1. The van der Waals surface area contributed by atoms with Gasteiger partial charge in [-0.1, -0.05) is 53.9 Å². The molecule has 4 rings (SSSR count). The minimum atomic E-state index is -0.445. The van der Waals surface area contributed by atoms with Crippen molar-refractivity contribution in [3.63, 3.8) is 0 Å². The average Bonchev–Trinajstić information content (AvgIpc) is 3.28. The average molecular weight is 629 g/mol. The first-order chi connectivity index (χ1) is 20.1. The van der Waals surface area contributed by atoms with Gasteiger partial charge in [0.2, 0.25) is 17.7 Å². The number of carbonyl (C=O) groups is 3. The van der Waals surface area contributed by atoms with E-state index in [0.717, 1.165) is 5.56 Å². The smallest absolute Gasteiger partial charge is 0.246 e. The molecule has 218 valence electrons. The van der Waals surface area contributed by atoms with Gasteiger partial charge in [-0.25, -0.2) is 4.98 Å². The van der Waals surface area contributed by atoms with Gasteiger partial charge in [-0.15, -0.1) is 0 Å². The Bertz CT molecular complexity index is 1670. The van der Waals surface area contributed by atoms with E-state index in [2.05, 4.69) is 15.6 Å². The van der Waals surface area contributed by atoms with Crippen LogP contribution in [0.5, 0.6) is 5.75 Å². The van der Waals surface area contributed by atoms with Crippen LogP contribution < -0.4 is 20.3 Å². The Morgan fingerprint density at radius 3 is 2.52 bits per heavy atom. The topological polar surface area (TPSA) is 105 Å². The summed E-state index contributed by atoms with van der Waals surface area (Å²) in [6.45, 7) is 3.34. The normalized spacial score (nSPS) is 11.1. The first kappa shape index (κ1) is 30.9. The maximum absolute atomic E-state index is 12.9. The number of ether oxygens (including phenoxy) is 1. The maximum Gasteiger partial charge on any atom is 0.246 e. The monoisotopic (exact) mass is 627 g/mol. The lowest BCUT2D eigenvalue weighted by Crippen LogP contribution is -2.37. The van der Waals surface area contributed by atoms with Crippen LogP contribution in [-0.4, -0.2) is 40.7 Å². The fourth-order valence-corrected chi connectivity index (χ4v) is 4.72. The number of likely N-dealkylation sites (N-methyl/N-ethyl adjacent to an activating group) is 1. The number of rotatable bonds is 10. The highest BCUT2D eigenvalue weighted by atomic mass is 35.5. The van der Waals surface area contributed by atoms with Crippen LogP contribution in [0.4, 0.5) is 11.4 Å². The Hall–Kier alpha value is -4.05. The number of nitrogens with zero attached hydrogens (tertiary/aromatic N) is 3. The first-order valence-electron chi connectivity index (χ1n) is 12.9. The summed E-state index contributed by atoms with van der Waals surface area (Å²) in [6, 6.07) is 13.8. The fourth-order valence-electron chi connectivity index (χ4n) is 3.94. The second kappa shape index (κ2) is 13.7. The summed E-state index contributed by atoms with van der Waals surface area (Å²) in [5.41, 5.74) is 3.54. The Kier molecular flexibility index (Phi) is 10.1. The van der Waals surface area contributed by atoms with Crippen molar-refractivity contribution in [3.8, 4) is 5.75 Å². The summed E-state index contributed by atoms with van der Waals surface area (Å²) in [7, 11) is 1.55. The molecule has 12 heteroatoms. The Labute approximate surface area is 258 Å². The minimum Gasteiger partial charge on any atom is -0.485 e. The van der Waals surface area contributed by atoms with Crippen molar-refractivity contribution in [1.82, 2.24) is 14.7 Å². The molecule has 0 saturated heterocycles. The summed E-state index contributed by atoms with van der Waals surface area (Å²) in [4.78, 5) is 42.5. The van der Waals surface area contributed by atoms with Gasteiger partial charge in [0.15, 0.2) is 11.4 Å². The standard InChI is InChI=1S/C30H28Cl3N5O4/c1-4-25(39)36-20-10-7-19(8-11-20)9-14-26(40)34-16-27(41)37(3)23-13-12-22(31)21(28(23)32)17-42-24-6-5-15-38-29(33)18(2)35-30(24)38/h5-15H,4,16-17H2,1-3H3,(H,34,40)(H,36,39). The van der Waals surface area contributed by atoms with Crippen molar-refractivity contribution in [3.05, 3.63) is 92.8 Å². The molecule has 0 unspecified atom stereocenters. The molecule has 0 aliphatic heterocycles. The van der Waals surface area contributed by atoms with E-state index in [-0.39, 0.29) is 24.1 Å². The van der Waals surface area contributed by atoms with Crippen molar-refractivity contribution in [2.24, 2.45) is 0 Å². The van der Waals surface area contributed by atoms with E-state index >= 15 is 0 Å². The summed E-state index contributed by atoms with van der Waals surface area (Å²) in [5.74, 6) is -0.429. The molecule has 2 aromatic heterocycles. The fraction of sp³-hybridized carbons (Fsp3) is 0.200.